The van der Waals surface area contributed by atoms with E-state index in [-0.39, 0.29) is 17.7 Å². The number of aryl methyl sites for hydroxylation is 3. The summed E-state index contributed by atoms with van der Waals surface area (Å²) in [4.78, 5) is 22.7. The summed E-state index contributed by atoms with van der Waals surface area (Å²) in [6.07, 6.45) is 1.47. The van der Waals surface area contributed by atoms with Gasteiger partial charge in [0.15, 0.2) is 5.76 Å². The molecule has 0 aliphatic heterocycles. The van der Waals surface area contributed by atoms with Crippen molar-refractivity contribution in [1.29, 1.82) is 0 Å². The molecule has 4 aromatic rings. The zero-order valence-electron chi connectivity index (χ0n) is 17.3. The number of thiophene rings is 1. The fourth-order valence-electron chi connectivity index (χ4n) is 3.37. The molecule has 3 aromatic heterocycles. The zero-order chi connectivity index (χ0) is 22.0. The molecule has 31 heavy (non-hydrogen) atoms. The van der Waals surface area contributed by atoms with Crippen molar-refractivity contribution in [3.63, 3.8) is 0 Å². The van der Waals surface area contributed by atoms with E-state index in [1.807, 2.05) is 57.2 Å². The number of carbonyl (C=O) groups is 1. The largest absolute Gasteiger partial charge is 0.459 e. The van der Waals surface area contributed by atoms with Crippen LogP contribution in [0.15, 0.2) is 59.2 Å². The molecule has 4 rings (SSSR count). The Morgan fingerprint density at radius 2 is 1.77 bits per heavy atom. The lowest BCUT2D eigenvalue weighted by Gasteiger charge is -2.21. The van der Waals surface area contributed by atoms with E-state index < -0.39 is 0 Å². The molecule has 0 aliphatic carbocycles. The fraction of sp³-hybridized carbons (Fsp3) is 0.174. The quantitative estimate of drug-likeness (QED) is 0.366. The highest BCUT2D eigenvalue weighted by Gasteiger charge is 2.24. The molecule has 0 spiro atoms. The van der Waals surface area contributed by atoms with Gasteiger partial charge in [-0.2, -0.15) is 0 Å². The summed E-state index contributed by atoms with van der Waals surface area (Å²) >= 11 is 8.05. The van der Waals surface area contributed by atoms with Gasteiger partial charge in [0.25, 0.3) is 5.91 Å². The van der Waals surface area contributed by atoms with Crippen LogP contribution in [-0.2, 0) is 0 Å². The third-order valence-electron chi connectivity index (χ3n) is 4.64. The Hall–Kier alpha value is -3.16. The number of benzene rings is 1. The molecule has 0 saturated heterocycles. The van der Waals surface area contributed by atoms with Crippen LogP contribution in [0.1, 0.15) is 44.0 Å². The van der Waals surface area contributed by atoms with E-state index in [4.69, 9.17) is 16.0 Å². The van der Waals surface area contributed by atoms with Crippen LogP contribution < -0.4 is 10.6 Å². The van der Waals surface area contributed by atoms with Gasteiger partial charge in [-0.3, -0.25) is 4.79 Å². The minimum atomic E-state index is -0.369. The summed E-state index contributed by atoms with van der Waals surface area (Å²) in [6, 6.07) is 14.5. The van der Waals surface area contributed by atoms with Gasteiger partial charge in [0.2, 0.25) is 5.95 Å². The van der Waals surface area contributed by atoms with Crippen LogP contribution in [0.4, 0.5) is 10.9 Å². The van der Waals surface area contributed by atoms with Gasteiger partial charge in [0.05, 0.1) is 12.3 Å². The first-order valence-electron chi connectivity index (χ1n) is 9.69. The van der Waals surface area contributed by atoms with Crippen LogP contribution >= 0.6 is 22.9 Å². The predicted molar refractivity (Wildman–Crippen MR) is 124 cm³/mol. The summed E-state index contributed by atoms with van der Waals surface area (Å²) < 4.78 is 5.24. The predicted octanol–water partition coefficient (Wildman–Crippen LogP) is 6.16. The molecule has 0 radical (unpaired) electrons. The molecule has 0 aliphatic rings. The Labute approximate surface area is 189 Å². The standard InChI is InChI=1S/C23H21ClN4O2S/c1-13-11-14(2)26-23(25-13)27-20(16-7-4-5-8-18(16)24)17-12-15(3)31-22(17)28-21(29)19-9-6-10-30-19/h4-12,20H,1-3H3,(H,28,29)(H,25,26,27). The number of amides is 1. The Kier molecular flexibility index (Phi) is 6.06. The van der Waals surface area contributed by atoms with Gasteiger partial charge in [0, 0.05) is 26.9 Å². The highest BCUT2D eigenvalue weighted by molar-refractivity contribution is 7.16. The average Bonchev–Trinajstić information content (AvgIpc) is 3.36. The first kappa shape index (κ1) is 21.1. The summed E-state index contributed by atoms with van der Waals surface area (Å²) in [5.74, 6) is 0.431. The van der Waals surface area contributed by atoms with Gasteiger partial charge in [-0.1, -0.05) is 29.8 Å². The van der Waals surface area contributed by atoms with E-state index in [1.54, 1.807) is 12.1 Å². The van der Waals surface area contributed by atoms with Crippen molar-refractivity contribution >= 4 is 39.8 Å². The molecule has 0 bridgehead atoms. The molecule has 2 N–H and O–H groups in total. The topological polar surface area (TPSA) is 80.0 Å². The van der Waals surface area contributed by atoms with E-state index in [9.17, 15) is 4.79 Å². The number of nitrogens with one attached hydrogen (secondary N) is 2. The molecule has 0 fully saturated rings. The minimum absolute atomic E-state index is 0.247. The molecule has 6 nitrogen and oxygen atoms in total. The second-order valence-corrected chi connectivity index (χ2v) is 8.81. The van der Waals surface area contributed by atoms with Crippen LogP contribution in [0.5, 0.6) is 0 Å². The first-order chi connectivity index (χ1) is 14.9. The van der Waals surface area contributed by atoms with Crippen molar-refractivity contribution in [3.05, 3.63) is 93.0 Å². The van der Waals surface area contributed by atoms with Crippen LogP contribution in [0, 0.1) is 20.8 Å². The number of hydrogen-bond acceptors (Lipinski definition) is 6. The van der Waals surface area contributed by atoms with Gasteiger partial charge >= 0.3 is 0 Å². The van der Waals surface area contributed by atoms with Crippen molar-refractivity contribution in [3.8, 4) is 0 Å². The second-order valence-electron chi connectivity index (χ2n) is 7.15. The van der Waals surface area contributed by atoms with Gasteiger partial charge in [-0.05, 0) is 56.7 Å². The van der Waals surface area contributed by atoms with Crippen molar-refractivity contribution in [2.45, 2.75) is 26.8 Å². The normalized spacial score (nSPS) is 11.9. The molecular formula is C23H21ClN4O2S. The Balaban J connectivity index is 1.77. The SMILES string of the molecule is Cc1cc(C)nc(NC(c2ccccc2Cl)c2cc(C)sc2NC(=O)c2ccco2)n1. The fourth-order valence-corrected chi connectivity index (χ4v) is 4.56. The van der Waals surface area contributed by atoms with Crippen molar-refractivity contribution in [1.82, 2.24) is 9.97 Å². The van der Waals surface area contributed by atoms with Gasteiger partial charge in [0.1, 0.15) is 5.00 Å². The number of furan rings is 1. The monoisotopic (exact) mass is 452 g/mol. The lowest BCUT2D eigenvalue weighted by molar-refractivity contribution is 0.0997. The number of aromatic nitrogens is 2. The maximum atomic E-state index is 12.6. The lowest BCUT2D eigenvalue weighted by atomic mass is 10.00. The molecule has 1 aromatic carbocycles. The number of halogens is 1. The molecule has 1 unspecified atom stereocenters. The van der Waals surface area contributed by atoms with Crippen molar-refractivity contribution in [2.75, 3.05) is 10.6 Å². The molecule has 3 heterocycles. The maximum Gasteiger partial charge on any atom is 0.291 e. The lowest BCUT2D eigenvalue weighted by Crippen LogP contribution is -2.18. The maximum absolute atomic E-state index is 12.6. The molecule has 158 valence electrons. The van der Waals surface area contributed by atoms with Crippen LogP contribution in [0.25, 0.3) is 0 Å². The highest BCUT2D eigenvalue weighted by atomic mass is 35.5. The summed E-state index contributed by atoms with van der Waals surface area (Å²) in [5, 5.41) is 7.71. The van der Waals surface area contributed by atoms with Crippen molar-refractivity contribution < 1.29 is 9.21 Å². The number of rotatable bonds is 6. The van der Waals surface area contributed by atoms with Crippen LogP contribution in [0.2, 0.25) is 5.02 Å². The third-order valence-corrected chi connectivity index (χ3v) is 5.96. The second kappa shape index (κ2) is 8.91. The number of nitrogens with zero attached hydrogens (tertiary/aromatic N) is 2. The molecule has 1 amide bonds. The van der Waals surface area contributed by atoms with Crippen LogP contribution in [-0.4, -0.2) is 15.9 Å². The van der Waals surface area contributed by atoms with E-state index in [0.29, 0.717) is 16.0 Å². The Morgan fingerprint density at radius 3 is 2.45 bits per heavy atom. The van der Waals surface area contributed by atoms with E-state index in [0.717, 1.165) is 27.4 Å². The summed E-state index contributed by atoms with van der Waals surface area (Å²) in [5.41, 5.74) is 3.46. The smallest absolute Gasteiger partial charge is 0.291 e. The highest BCUT2D eigenvalue weighted by Crippen LogP contribution is 2.39. The van der Waals surface area contributed by atoms with Crippen molar-refractivity contribution in [2.24, 2.45) is 0 Å². The first-order valence-corrected chi connectivity index (χ1v) is 10.9. The third kappa shape index (κ3) is 4.78. The molecule has 1 atom stereocenters. The van der Waals surface area contributed by atoms with Gasteiger partial charge in [-0.25, -0.2) is 9.97 Å². The van der Waals surface area contributed by atoms with E-state index >= 15 is 0 Å². The molecular weight excluding hydrogens is 432 g/mol. The molecule has 0 saturated carbocycles. The number of hydrogen-bond donors (Lipinski definition) is 2. The number of anilines is 2. The minimum Gasteiger partial charge on any atom is -0.459 e. The van der Waals surface area contributed by atoms with Gasteiger partial charge in [-0.15, -0.1) is 11.3 Å². The van der Waals surface area contributed by atoms with E-state index in [1.165, 1.54) is 17.6 Å². The van der Waals surface area contributed by atoms with Crippen LogP contribution in [0.3, 0.4) is 0 Å². The zero-order valence-corrected chi connectivity index (χ0v) is 18.8. The Bertz CT molecular complexity index is 1200. The summed E-state index contributed by atoms with van der Waals surface area (Å²) in [7, 11) is 0. The number of carbonyl (C=O) groups excluding carboxylic acids is 1. The summed E-state index contributed by atoms with van der Waals surface area (Å²) in [6.45, 7) is 5.84. The molecule has 8 heteroatoms. The van der Waals surface area contributed by atoms with E-state index in [2.05, 4.69) is 20.6 Å². The Morgan fingerprint density at radius 1 is 1.03 bits per heavy atom. The van der Waals surface area contributed by atoms with Gasteiger partial charge < -0.3 is 15.1 Å². The average molecular weight is 453 g/mol.